The molecule has 20 heavy (non-hydrogen) atoms. The lowest BCUT2D eigenvalue weighted by Gasteiger charge is -2.11. The lowest BCUT2D eigenvalue weighted by atomic mass is 10.1. The van der Waals surface area contributed by atoms with Crippen molar-refractivity contribution >= 4 is 11.0 Å². The molecule has 0 unspecified atom stereocenters. The molecule has 4 heteroatoms. The van der Waals surface area contributed by atoms with Crippen LogP contribution in [0.3, 0.4) is 0 Å². The zero-order valence-electron chi connectivity index (χ0n) is 11.7. The molecule has 0 amide bonds. The molecule has 1 aromatic carbocycles. The summed E-state index contributed by atoms with van der Waals surface area (Å²) in [7, 11) is 0. The van der Waals surface area contributed by atoms with Crippen LogP contribution in [0.15, 0.2) is 30.3 Å². The number of imidazole rings is 1. The van der Waals surface area contributed by atoms with E-state index in [0.717, 1.165) is 28.1 Å². The van der Waals surface area contributed by atoms with Crippen LogP contribution in [0.25, 0.3) is 16.9 Å². The van der Waals surface area contributed by atoms with Gasteiger partial charge in [-0.2, -0.15) is 5.26 Å². The minimum absolute atomic E-state index is 0.599. The molecule has 0 fully saturated rings. The molecule has 0 aliphatic heterocycles. The number of nitrogens with zero attached hydrogens (tertiary/aromatic N) is 4. The molecule has 0 atom stereocenters. The number of para-hydroxylation sites is 2. The molecule has 4 nitrogen and oxygen atoms in total. The van der Waals surface area contributed by atoms with Gasteiger partial charge in [0.1, 0.15) is 11.9 Å². The Balaban J connectivity index is 2.43. The molecule has 0 spiro atoms. The van der Waals surface area contributed by atoms with Gasteiger partial charge in [-0.3, -0.25) is 4.57 Å². The van der Waals surface area contributed by atoms with Crippen LogP contribution in [0.4, 0.5) is 0 Å². The van der Waals surface area contributed by atoms with Crippen LogP contribution in [0.1, 0.15) is 22.6 Å². The highest BCUT2D eigenvalue weighted by atomic mass is 15.1. The fraction of sp³-hybridized carbons (Fsp3) is 0.188. The molecular formula is C16H14N4. The van der Waals surface area contributed by atoms with Gasteiger partial charge in [-0.1, -0.05) is 12.1 Å². The molecule has 0 saturated carbocycles. The van der Waals surface area contributed by atoms with Crippen molar-refractivity contribution in [2.45, 2.75) is 20.8 Å². The average Bonchev–Trinajstić information content (AvgIpc) is 2.73. The first-order valence-corrected chi connectivity index (χ1v) is 6.44. The van der Waals surface area contributed by atoms with E-state index in [0.29, 0.717) is 11.4 Å². The molecule has 0 radical (unpaired) electrons. The van der Waals surface area contributed by atoms with Crippen molar-refractivity contribution in [2.75, 3.05) is 0 Å². The summed E-state index contributed by atoms with van der Waals surface area (Å²) >= 11 is 0. The van der Waals surface area contributed by atoms with Gasteiger partial charge in [0.15, 0.2) is 5.82 Å². The Bertz CT molecular complexity index is 853. The normalized spacial score (nSPS) is 10.7. The number of rotatable bonds is 1. The molecule has 0 N–H and O–H groups in total. The summed E-state index contributed by atoms with van der Waals surface area (Å²) in [6.45, 7) is 5.80. The van der Waals surface area contributed by atoms with E-state index >= 15 is 0 Å². The Hall–Kier alpha value is -2.67. The number of nitriles is 1. The van der Waals surface area contributed by atoms with Crippen LogP contribution >= 0.6 is 0 Å². The second-order valence-corrected chi connectivity index (χ2v) is 4.87. The maximum atomic E-state index is 9.43. The number of aromatic nitrogens is 3. The highest BCUT2D eigenvalue weighted by molar-refractivity contribution is 5.78. The Morgan fingerprint density at radius 1 is 1.10 bits per heavy atom. The van der Waals surface area contributed by atoms with Gasteiger partial charge < -0.3 is 0 Å². The van der Waals surface area contributed by atoms with Gasteiger partial charge in [-0.25, -0.2) is 9.97 Å². The van der Waals surface area contributed by atoms with Crippen molar-refractivity contribution in [1.29, 1.82) is 5.26 Å². The largest absolute Gasteiger partial charge is 0.279 e. The number of benzene rings is 1. The summed E-state index contributed by atoms with van der Waals surface area (Å²) in [5.41, 5.74) is 4.32. The highest BCUT2D eigenvalue weighted by Gasteiger charge is 2.15. The highest BCUT2D eigenvalue weighted by Crippen LogP contribution is 2.24. The Kier molecular flexibility index (Phi) is 2.76. The summed E-state index contributed by atoms with van der Waals surface area (Å²) < 4.78 is 1.95. The van der Waals surface area contributed by atoms with Crippen LogP contribution in [0, 0.1) is 32.1 Å². The van der Waals surface area contributed by atoms with Crippen molar-refractivity contribution < 1.29 is 0 Å². The third-order valence-electron chi connectivity index (χ3n) is 3.38. The third-order valence-corrected chi connectivity index (χ3v) is 3.38. The van der Waals surface area contributed by atoms with E-state index in [1.807, 2.05) is 55.7 Å². The van der Waals surface area contributed by atoms with Crippen LogP contribution in [0.5, 0.6) is 0 Å². The summed E-state index contributed by atoms with van der Waals surface area (Å²) in [6.07, 6.45) is 0. The molecule has 0 aliphatic rings. The molecule has 3 aromatic rings. The van der Waals surface area contributed by atoms with E-state index in [9.17, 15) is 5.26 Å². The molecule has 98 valence electrons. The first kappa shape index (κ1) is 12.4. The summed E-state index contributed by atoms with van der Waals surface area (Å²) in [6, 6.07) is 12.1. The maximum absolute atomic E-state index is 9.43. The SMILES string of the molecule is Cc1cc(C)c(C#N)c(-n2c(C)nc3ccccc32)n1. The summed E-state index contributed by atoms with van der Waals surface area (Å²) in [5.74, 6) is 1.50. The molecular weight excluding hydrogens is 248 g/mol. The van der Waals surface area contributed by atoms with Gasteiger partial charge in [0, 0.05) is 5.69 Å². The predicted molar refractivity (Wildman–Crippen MR) is 77.8 cm³/mol. The molecule has 0 saturated heterocycles. The van der Waals surface area contributed by atoms with Crippen LogP contribution in [-0.2, 0) is 0 Å². The van der Waals surface area contributed by atoms with Crippen molar-refractivity contribution in [3.05, 3.63) is 53.0 Å². The van der Waals surface area contributed by atoms with E-state index in [1.165, 1.54) is 0 Å². The number of hydrogen-bond donors (Lipinski definition) is 0. The number of pyridine rings is 1. The summed E-state index contributed by atoms with van der Waals surface area (Å²) in [4.78, 5) is 9.10. The molecule has 3 rings (SSSR count). The van der Waals surface area contributed by atoms with Crippen molar-refractivity contribution in [3.8, 4) is 11.9 Å². The quantitative estimate of drug-likeness (QED) is 0.676. The first-order valence-electron chi connectivity index (χ1n) is 6.44. The lowest BCUT2D eigenvalue weighted by molar-refractivity contribution is 0.935. The molecule has 2 aromatic heterocycles. The molecule has 2 heterocycles. The zero-order valence-corrected chi connectivity index (χ0v) is 11.7. The predicted octanol–water partition coefficient (Wildman–Crippen LogP) is 3.22. The Morgan fingerprint density at radius 2 is 1.85 bits per heavy atom. The Labute approximate surface area is 117 Å². The van der Waals surface area contributed by atoms with E-state index in [2.05, 4.69) is 16.0 Å². The second-order valence-electron chi connectivity index (χ2n) is 4.87. The smallest absolute Gasteiger partial charge is 0.157 e. The van der Waals surface area contributed by atoms with Crippen LogP contribution in [0.2, 0.25) is 0 Å². The van der Waals surface area contributed by atoms with Gasteiger partial charge >= 0.3 is 0 Å². The standard InChI is InChI=1S/C16H14N4/c1-10-8-11(2)18-16(13(10)9-17)20-12(3)19-14-6-4-5-7-15(14)20/h4-8H,1-3H3. The fourth-order valence-electron chi connectivity index (χ4n) is 2.53. The van der Waals surface area contributed by atoms with Crippen LogP contribution < -0.4 is 0 Å². The monoisotopic (exact) mass is 262 g/mol. The molecule has 0 aliphatic carbocycles. The topological polar surface area (TPSA) is 54.5 Å². The van der Waals surface area contributed by atoms with Gasteiger partial charge in [-0.15, -0.1) is 0 Å². The van der Waals surface area contributed by atoms with E-state index in [-0.39, 0.29) is 0 Å². The fourth-order valence-corrected chi connectivity index (χ4v) is 2.53. The number of aryl methyl sites for hydroxylation is 3. The van der Waals surface area contributed by atoms with E-state index in [1.54, 1.807) is 0 Å². The van der Waals surface area contributed by atoms with Gasteiger partial charge in [0.2, 0.25) is 0 Å². The second kappa shape index (κ2) is 4.46. The van der Waals surface area contributed by atoms with Crippen molar-refractivity contribution in [3.63, 3.8) is 0 Å². The maximum Gasteiger partial charge on any atom is 0.157 e. The zero-order chi connectivity index (χ0) is 14.3. The number of hydrogen-bond acceptors (Lipinski definition) is 3. The van der Waals surface area contributed by atoms with Crippen LogP contribution in [-0.4, -0.2) is 14.5 Å². The van der Waals surface area contributed by atoms with Crippen molar-refractivity contribution in [2.24, 2.45) is 0 Å². The van der Waals surface area contributed by atoms with E-state index < -0.39 is 0 Å². The first-order chi connectivity index (χ1) is 9.61. The minimum Gasteiger partial charge on any atom is -0.279 e. The third kappa shape index (κ3) is 1.76. The van der Waals surface area contributed by atoms with Crippen molar-refractivity contribution in [1.82, 2.24) is 14.5 Å². The summed E-state index contributed by atoms with van der Waals surface area (Å²) in [5, 5.41) is 9.43. The van der Waals surface area contributed by atoms with E-state index in [4.69, 9.17) is 0 Å². The van der Waals surface area contributed by atoms with Gasteiger partial charge in [-0.05, 0) is 44.5 Å². The van der Waals surface area contributed by atoms with Gasteiger partial charge in [0.05, 0.1) is 16.6 Å². The average molecular weight is 262 g/mol. The Morgan fingerprint density at radius 3 is 2.60 bits per heavy atom. The lowest BCUT2D eigenvalue weighted by Crippen LogP contribution is -2.06. The minimum atomic E-state index is 0.599. The van der Waals surface area contributed by atoms with Gasteiger partial charge in [0.25, 0.3) is 0 Å². The number of fused-ring (bicyclic) bond motifs is 1. The molecule has 0 bridgehead atoms.